The Bertz CT molecular complexity index is 817. The molecule has 2 aromatic heterocycles. The highest BCUT2D eigenvalue weighted by Gasteiger charge is 2.17. The summed E-state index contributed by atoms with van der Waals surface area (Å²) in [4.78, 5) is 32.5. The van der Waals surface area contributed by atoms with Gasteiger partial charge < -0.3 is 29.6 Å². The number of hydrogen-bond donors (Lipinski definition) is 2. The van der Waals surface area contributed by atoms with Crippen LogP contribution in [0.5, 0.6) is 10.4 Å². The zero-order valence-electron chi connectivity index (χ0n) is 18.6. The Labute approximate surface area is 206 Å². The summed E-state index contributed by atoms with van der Waals surface area (Å²) >= 11 is 2.66. The van der Waals surface area contributed by atoms with Gasteiger partial charge in [0.25, 0.3) is 10.4 Å². The molecular weight excluding hydrogens is 480 g/mol. The highest BCUT2D eigenvalue weighted by Crippen LogP contribution is 2.15. The summed E-state index contributed by atoms with van der Waals surface area (Å²) in [6, 6.07) is 0. The monoisotopic (exact) mass is 508 g/mol. The van der Waals surface area contributed by atoms with E-state index in [-0.39, 0.29) is 13.2 Å². The molecule has 2 N–H and O–H groups in total. The molecule has 12 heteroatoms. The number of ether oxygens (including phenoxy) is 4. The minimum absolute atomic E-state index is 0.104. The van der Waals surface area contributed by atoms with E-state index in [4.69, 9.17) is 18.9 Å². The minimum Gasteiger partial charge on any atom is -0.466 e. The average Bonchev–Trinajstić information content (AvgIpc) is 3.54. The van der Waals surface area contributed by atoms with Crippen LogP contribution < -0.4 is 20.1 Å². The largest absolute Gasteiger partial charge is 0.466 e. The van der Waals surface area contributed by atoms with Crippen LogP contribution in [0.1, 0.15) is 0 Å². The van der Waals surface area contributed by atoms with Gasteiger partial charge in [0.2, 0.25) is 0 Å². The first-order valence-electron chi connectivity index (χ1n) is 10.4. The molecular formula is C22H28N4O6S2. The van der Waals surface area contributed by atoms with E-state index in [1.807, 2.05) is 0 Å². The average molecular weight is 509 g/mol. The first-order chi connectivity index (χ1) is 16.6. The van der Waals surface area contributed by atoms with E-state index < -0.39 is 24.1 Å². The standard InChI is InChI=1S/C22H28N4O6S2/c1-3-7-23-13-17(15-29-21-25-9-11-33-21)31-19(27)5-6-20(28)32-18(14-24-8-4-2)16-30-22-26-10-12-34-22/h3-6,9-12,17-18,23-24H,1-2,7-8,13-16H2/b6-5-. The summed E-state index contributed by atoms with van der Waals surface area (Å²) in [7, 11) is 0. The van der Waals surface area contributed by atoms with Crippen LogP contribution in [-0.4, -0.2) is 73.5 Å². The van der Waals surface area contributed by atoms with Crippen molar-refractivity contribution >= 4 is 34.6 Å². The molecule has 0 aliphatic rings. The van der Waals surface area contributed by atoms with Crippen molar-refractivity contribution in [2.75, 3.05) is 39.4 Å². The SMILES string of the molecule is C=CCNCC(COc1nccs1)OC(=O)/C=C\C(=O)OC(CNCC=C)COc1nccs1. The van der Waals surface area contributed by atoms with Crippen LogP contribution in [0.25, 0.3) is 0 Å². The Kier molecular flexibility index (Phi) is 13.2. The number of esters is 2. The summed E-state index contributed by atoms with van der Waals surface area (Å²) in [6.45, 7) is 9.24. The van der Waals surface area contributed by atoms with Crippen LogP contribution in [0.4, 0.5) is 0 Å². The Hall–Kier alpha value is -3.06. The molecule has 184 valence electrons. The molecule has 2 unspecified atom stereocenters. The summed E-state index contributed by atoms with van der Waals surface area (Å²) in [5.41, 5.74) is 0. The van der Waals surface area contributed by atoms with Crippen molar-refractivity contribution in [3.63, 3.8) is 0 Å². The normalized spacial score (nSPS) is 12.6. The first kappa shape index (κ1) is 27.2. The summed E-state index contributed by atoms with van der Waals surface area (Å²) in [5, 5.41) is 10.6. The summed E-state index contributed by atoms with van der Waals surface area (Å²) < 4.78 is 21.9. The van der Waals surface area contributed by atoms with E-state index in [1.54, 1.807) is 35.3 Å². The number of carbonyl (C=O) groups is 2. The molecule has 0 saturated carbocycles. The van der Waals surface area contributed by atoms with E-state index in [2.05, 4.69) is 33.8 Å². The van der Waals surface area contributed by atoms with Gasteiger partial charge in [-0.3, -0.25) is 0 Å². The van der Waals surface area contributed by atoms with Gasteiger partial charge in [0, 0.05) is 61.5 Å². The molecule has 0 spiro atoms. The number of nitrogens with zero attached hydrogens (tertiary/aromatic N) is 2. The number of nitrogens with one attached hydrogen (secondary N) is 2. The van der Waals surface area contributed by atoms with Gasteiger partial charge in [-0.05, 0) is 0 Å². The maximum atomic E-state index is 12.2. The van der Waals surface area contributed by atoms with Crippen molar-refractivity contribution < 1.29 is 28.5 Å². The van der Waals surface area contributed by atoms with Gasteiger partial charge in [-0.15, -0.1) is 13.2 Å². The van der Waals surface area contributed by atoms with Crippen molar-refractivity contribution in [1.82, 2.24) is 20.6 Å². The number of hydrogen-bond acceptors (Lipinski definition) is 12. The third kappa shape index (κ3) is 11.7. The van der Waals surface area contributed by atoms with E-state index in [9.17, 15) is 9.59 Å². The second kappa shape index (κ2) is 16.5. The number of carbonyl (C=O) groups excluding carboxylic acids is 2. The maximum absolute atomic E-state index is 12.2. The van der Waals surface area contributed by atoms with E-state index in [1.165, 1.54) is 22.7 Å². The topological polar surface area (TPSA) is 121 Å². The molecule has 2 atom stereocenters. The number of rotatable bonds is 18. The predicted molar refractivity (Wildman–Crippen MR) is 130 cm³/mol. The van der Waals surface area contributed by atoms with Gasteiger partial charge in [-0.2, -0.15) is 0 Å². The third-order valence-corrected chi connectivity index (χ3v) is 5.21. The highest BCUT2D eigenvalue weighted by atomic mass is 32.1. The predicted octanol–water partition coefficient (Wildman–Crippen LogP) is 1.99. The van der Waals surface area contributed by atoms with E-state index >= 15 is 0 Å². The Morgan fingerprint density at radius 2 is 1.29 bits per heavy atom. The highest BCUT2D eigenvalue weighted by molar-refractivity contribution is 7.11. The number of aromatic nitrogens is 2. The lowest BCUT2D eigenvalue weighted by atomic mass is 10.3. The Morgan fingerprint density at radius 3 is 1.65 bits per heavy atom. The van der Waals surface area contributed by atoms with Crippen molar-refractivity contribution in [2.45, 2.75) is 12.2 Å². The van der Waals surface area contributed by atoms with Crippen molar-refractivity contribution in [2.24, 2.45) is 0 Å². The van der Waals surface area contributed by atoms with Crippen LogP contribution in [0.3, 0.4) is 0 Å². The lowest BCUT2D eigenvalue weighted by Crippen LogP contribution is -2.36. The lowest BCUT2D eigenvalue weighted by molar-refractivity contribution is -0.147. The molecule has 34 heavy (non-hydrogen) atoms. The van der Waals surface area contributed by atoms with Crippen LogP contribution >= 0.6 is 22.7 Å². The Balaban J connectivity index is 1.84. The molecule has 0 aliphatic carbocycles. The van der Waals surface area contributed by atoms with Crippen LogP contribution in [-0.2, 0) is 19.1 Å². The molecule has 10 nitrogen and oxygen atoms in total. The van der Waals surface area contributed by atoms with Crippen molar-refractivity contribution in [1.29, 1.82) is 0 Å². The second-order valence-corrected chi connectivity index (χ2v) is 8.28. The zero-order chi connectivity index (χ0) is 24.4. The van der Waals surface area contributed by atoms with Gasteiger partial charge in [0.15, 0.2) is 0 Å². The quantitative estimate of drug-likeness (QED) is 0.134. The molecule has 0 bridgehead atoms. The molecule has 2 rings (SSSR count). The van der Waals surface area contributed by atoms with Crippen molar-refractivity contribution in [3.05, 3.63) is 60.6 Å². The lowest BCUT2D eigenvalue weighted by Gasteiger charge is -2.18. The fourth-order valence-electron chi connectivity index (χ4n) is 2.40. The van der Waals surface area contributed by atoms with E-state index in [0.717, 1.165) is 12.2 Å². The zero-order valence-corrected chi connectivity index (χ0v) is 20.2. The molecule has 2 heterocycles. The molecule has 0 saturated heterocycles. The van der Waals surface area contributed by atoms with E-state index in [0.29, 0.717) is 36.6 Å². The second-order valence-electron chi connectivity index (χ2n) is 6.56. The minimum atomic E-state index is -0.703. The van der Waals surface area contributed by atoms with Crippen LogP contribution in [0, 0.1) is 0 Å². The van der Waals surface area contributed by atoms with Gasteiger partial charge in [0.05, 0.1) is 0 Å². The molecule has 0 radical (unpaired) electrons. The molecule has 2 aromatic rings. The van der Waals surface area contributed by atoms with Gasteiger partial charge in [0.1, 0.15) is 25.4 Å². The first-order valence-corrected chi connectivity index (χ1v) is 12.1. The van der Waals surface area contributed by atoms with Gasteiger partial charge >= 0.3 is 11.9 Å². The smallest absolute Gasteiger partial charge is 0.331 e. The molecule has 0 fully saturated rings. The van der Waals surface area contributed by atoms with Crippen LogP contribution in [0.15, 0.2) is 60.6 Å². The van der Waals surface area contributed by atoms with Crippen molar-refractivity contribution in [3.8, 4) is 10.4 Å². The fraction of sp³-hybridized carbons (Fsp3) is 0.364. The van der Waals surface area contributed by atoms with Gasteiger partial charge in [-0.1, -0.05) is 34.8 Å². The number of thiazole rings is 2. The summed E-state index contributed by atoms with van der Waals surface area (Å²) in [6.07, 6.45) is 7.45. The maximum Gasteiger partial charge on any atom is 0.331 e. The third-order valence-electron chi connectivity index (χ3n) is 3.85. The molecule has 0 aliphatic heterocycles. The van der Waals surface area contributed by atoms with Crippen LogP contribution in [0.2, 0.25) is 0 Å². The Morgan fingerprint density at radius 1 is 0.853 bits per heavy atom. The van der Waals surface area contributed by atoms with Gasteiger partial charge in [-0.25, -0.2) is 19.6 Å². The molecule has 0 aromatic carbocycles. The fourth-order valence-corrected chi connectivity index (χ4v) is 3.39. The molecule has 0 amide bonds. The summed E-state index contributed by atoms with van der Waals surface area (Å²) in [5.74, 6) is -1.41.